The van der Waals surface area contributed by atoms with Crippen LogP contribution in [0.1, 0.15) is 17.4 Å². The summed E-state index contributed by atoms with van der Waals surface area (Å²) in [5, 5.41) is -0.379. The first-order valence-electron chi connectivity index (χ1n) is 7.16. The average Bonchev–Trinajstić information content (AvgIpc) is 2.58. The van der Waals surface area contributed by atoms with Gasteiger partial charge in [0.25, 0.3) is 0 Å². The number of amides is 1. The minimum absolute atomic E-state index is 0.194. The van der Waals surface area contributed by atoms with Crippen molar-refractivity contribution in [3.8, 4) is 5.75 Å². The number of aryl methyl sites for hydroxylation is 1. The lowest BCUT2D eigenvalue weighted by Crippen LogP contribution is -2.45. The van der Waals surface area contributed by atoms with Crippen molar-refractivity contribution in [3.63, 3.8) is 0 Å². The first kappa shape index (κ1) is 19.1. The van der Waals surface area contributed by atoms with E-state index in [1.165, 1.54) is 37.3 Å². The van der Waals surface area contributed by atoms with E-state index in [2.05, 4.69) is 4.74 Å². The third-order valence-electron chi connectivity index (χ3n) is 3.33. The number of halogens is 4. The monoisotopic (exact) mass is 373 g/mol. The number of alkyl halides is 2. The minimum Gasteiger partial charge on any atom is -0.425 e. The zero-order chi connectivity index (χ0) is 18.6. The Morgan fingerprint density at radius 3 is 2.40 bits per heavy atom. The molecule has 2 rings (SSSR count). The molecule has 0 bridgehead atoms. The van der Waals surface area contributed by atoms with Crippen molar-refractivity contribution in [1.29, 1.82) is 0 Å². The number of benzene rings is 2. The normalized spacial score (nSPS) is 12.6. The number of rotatable bonds is 6. The summed E-state index contributed by atoms with van der Waals surface area (Å²) in [6, 6.07) is 11.5. The van der Waals surface area contributed by atoms with Gasteiger partial charge in [0.2, 0.25) is 0 Å². The van der Waals surface area contributed by atoms with Gasteiger partial charge in [0.1, 0.15) is 5.75 Å². The highest BCUT2D eigenvalue weighted by Crippen LogP contribution is 2.31. The van der Waals surface area contributed by atoms with Crippen LogP contribution in [0.25, 0.3) is 0 Å². The van der Waals surface area contributed by atoms with E-state index in [-0.39, 0.29) is 16.9 Å². The molecular formula is C17H15ClF3NO3. The summed E-state index contributed by atoms with van der Waals surface area (Å²) in [5.41, 5.74) is 0.469. The molecule has 1 atom stereocenters. The zero-order valence-electron chi connectivity index (χ0n) is 13.4. The highest BCUT2D eigenvalue weighted by atomic mass is 35.5. The third kappa shape index (κ3) is 4.43. The summed E-state index contributed by atoms with van der Waals surface area (Å²) < 4.78 is 51.7. The summed E-state index contributed by atoms with van der Waals surface area (Å²) in [6.07, 6.45) is -6.06. The van der Waals surface area contributed by atoms with E-state index in [0.29, 0.717) is 5.02 Å². The molecule has 0 saturated carbocycles. The first-order chi connectivity index (χ1) is 11.8. The number of carbonyl (C=O) groups is 1. The smallest absolute Gasteiger partial charge is 0.425 e. The second-order valence-electron chi connectivity index (χ2n) is 5.14. The third-order valence-corrected chi connectivity index (χ3v) is 3.57. The number of nitrogens with zero attached hydrogens (tertiary/aromatic N) is 1. The van der Waals surface area contributed by atoms with E-state index >= 15 is 0 Å². The summed E-state index contributed by atoms with van der Waals surface area (Å²) >= 11 is 5.73. The Morgan fingerprint density at radius 2 is 1.84 bits per heavy atom. The van der Waals surface area contributed by atoms with Crippen LogP contribution >= 0.6 is 11.6 Å². The lowest BCUT2D eigenvalue weighted by molar-refractivity contribution is -0.236. The van der Waals surface area contributed by atoms with E-state index < -0.39 is 23.4 Å². The van der Waals surface area contributed by atoms with Gasteiger partial charge in [0.15, 0.2) is 6.23 Å². The second kappa shape index (κ2) is 7.76. The summed E-state index contributed by atoms with van der Waals surface area (Å²) in [4.78, 5) is 11.9. The van der Waals surface area contributed by atoms with Crippen LogP contribution in [0.4, 0.5) is 13.3 Å². The standard InChI is InChI=1S/C17H15ClF3NO3/c1-11-10-13(18)8-9-14(11)25-17(19,20)16(23)22(21)15(24-2)12-6-4-3-5-7-12/h3-10,15H,1-2H3. The van der Waals surface area contributed by atoms with Gasteiger partial charge in [0, 0.05) is 17.7 Å². The van der Waals surface area contributed by atoms with Crippen LogP contribution in [0.3, 0.4) is 0 Å². The molecule has 4 nitrogen and oxygen atoms in total. The van der Waals surface area contributed by atoms with Crippen molar-refractivity contribution in [2.75, 3.05) is 7.11 Å². The molecule has 0 aliphatic heterocycles. The molecule has 0 fully saturated rings. The second-order valence-corrected chi connectivity index (χ2v) is 5.58. The molecule has 25 heavy (non-hydrogen) atoms. The highest BCUT2D eigenvalue weighted by molar-refractivity contribution is 6.30. The van der Waals surface area contributed by atoms with E-state index in [9.17, 15) is 18.1 Å². The van der Waals surface area contributed by atoms with Gasteiger partial charge in [-0.3, -0.25) is 4.79 Å². The van der Waals surface area contributed by atoms with Crippen LogP contribution in [-0.4, -0.2) is 24.2 Å². The molecule has 1 unspecified atom stereocenters. The summed E-state index contributed by atoms with van der Waals surface area (Å²) in [7, 11) is 1.10. The van der Waals surface area contributed by atoms with Crippen LogP contribution in [0.15, 0.2) is 48.5 Å². The van der Waals surface area contributed by atoms with Gasteiger partial charge < -0.3 is 9.47 Å². The maximum absolute atomic E-state index is 14.3. The van der Waals surface area contributed by atoms with Crippen molar-refractivity contribution in [2.24, 2.45) is 0 Å². The van der Waals surface area contributed by atoms with Crippen LogP contribution in [0, 0.1) is 6.92 Å². The summed E-state index contributed by atoms with van der Waals surface area (Å²) in [6.45, 7) is 1.47. The predicted molar refractivity (Wildman–Crippen MR) is 85.9 cm³/mol. The van der Waals surface area contributed by atoms with Crippen molar-refractivity contribution < 1.29 is 27.5 Å². The van der Waals surface area contributed by atoms with Gasteiger partial charge >= 0.3 is 12.0 Å². The fourth-order valence-corrected chi connectivity index (χ4v) is 2.34. The number of methoxy groups -OCH3 is 1. The molecular weight excluding hydrogens is 359 g/mol. The molecule has 2 aromatic carbocycles. The van der Waals surface area contributed by atoms with E-state index in [0.717, 1.165) is 7.11 Å². The maximum atomic E-state index is 14.3. The van der Waals surface area contributed by atoms with Crippen LogP contribution < -0.4 is 4.74 Å². The molecule has 0 heterocycles. The number of hydrogen-bond donors (Lipinski definition) is 0. The number of carbonyl (C=O) groups excluding carboxylic acids is 1. The van der Waals surface area contributed by atoms with Crippen molar-refractivity contribution in [3.05, 3.63) is 64.7 Å². The molecule has 2 aromatic rings. The van der Waals surface area contributed by atoms with Crippen LogP contribution in [0.2, 0.25) is 5.02 Å². The molecule has 0 spiro atoms. The van der Waals surface area contributed by atoms with Crippen molar-refractivity contribution >= 4 is 17.5 Å². The first-order valence-corrected chi connectivity index (χ1v) is 7.54. The van der Waals surface area contributed by atoms with Gasteiger partial charge in [-0.25, -0.2) is 0 Å². The molecule has 0 radical (unpaired) electrons. The van der Waals surface area contributed by atoms with Crippen molar-refractivity contribution in [1.82, 2.24) is 5.12 Å². The highest BCUT2D eigenvalue weighted by Gasteiger charge is 2.49. The molecule has 1 amide bonds. The molecule has 8 heteroatoms. The average molecular weight is 374 g/mol. The zero-order valence-corrected chi connectivity index (χ0v) is 14.1. The lowest BCUT2D eigenvalue weighted by Gasteiger charge is -2.26. The Hall–Kier alpha value is -2.25. The Bertz CT molecular complexity index is 743. The molecule has 0 N–H and O–H groups in total. The molecule has 0 saturated heterocycles. The van der Waals surface area contributed by atoms with Crippen molar-refractivity contribution in [2.45, 2.75) is 19.3 Å². The predicted octanol–water partition coefficient (Wildman–Crippen LogP) is 4.68. The van der Waals surface area contributed by atoms with E-state index in [1.807, 2.05) is 0 Å². The van der Waals surface area contributed by atoms with Gasteiger partial charge in [-0.2, -0.15) is 8.78 Å². The molecule has 0 aliphatic rings. The maximum Gasteiger partial charge on any atom is 0.485 e. The van der Waals surface area contributed by atoms with Crippen LogP contribution in [-0.2, 0) is 9.53 Å². The Kier molecular flexibility index (Phi) is 5.92. The lowest BCUT2D eigenvalue weighted by atomic mass is 10.2. The topological polar surface area (TPSA) is 38.8 Å². The number of hydrogen-bond acceptors (Lipinski definition) is 3. The molecule has 0 aliphatic carbocycles. The Balaban J connectivity index is 2.21. The SMILES string of the molecule is COC(c1ccccc1)N(F)C(=O)C(F)(F)Oc1ccc(Cl)cc1C. The Labute approximate surface area is 147 Å². The summed E-state index contributed by atoms with van der Waals surface area (Å²) in [5.74, 6) is -2.47. The molecule has 134 valence electrons. The van der Waals surface area contributed by atoms with E-state index in [4.69, 9.17) is 16.3 Å². The van der Waals surface area contributed by atoms with Gasteiger partial charge in [-0.05, 0) is 30.7 Å². The fourth-order valence-electron chi connectivity index (χ4n) is 2.12. The van der Waals surface area contributed by atoms with E-state index in [1.54, 1.807) is 18.2 Å². The minimum atomic E-state index is -4.43. The Morgan fingerprint density at radius 1 is 1.20 bits per heavy atom. The van der Waals surface area contributed by atoms with Gasteiger partial charge in [-0.15, -0.1) is 5.12 Å². The molecule has 0 aromatic heterocycles. The van der Waals surface area contributed by atoms with Gasteiger partial charge in [-0.1, -0.05) is 46.4 Å². The fraction of sp³-hybridized carbons (Fsp3) is 0.235. The largest absolute Gasteiger partial charge is 0.485 e. The number of ether oxygens (including phenoxy) is 2. The van der Waals surface area contributed by atoms with Crippen LogP contribution in [0.5, 0.6) is 5.75 Å². The van der Waals surface area contributed by atoms with Gasteiger partial charge in [0.05, 0.1) is 0 Å². The quantitative estimate of drug-likeness (QED) is 0.545.